The molecule has 2 nitrogen and oxygen atoms in total. The topological polar surface area (TPSA) is 22.0 Å². The van der Waals surface area contributed by atoms with Gasteiger partial charge in [-0.2, -0.15) is 0 Å². The minimum atomic E-state index is -0.00815. The molecule has 11 heavy (non-hydrogen) atoms. The van der Waals surface area contributed by atoms with E-state index in [0.717, 1.165) is 10.2 Å². The lowest BCUT2D eigenvalue weighted by Crippen LogP contribution is -2.04. The minimum absolute atomic E-state index is 0.00815. The Morgan fingerprint density at radius 1 is 1.36 bits per heavy atom. The van der Waals surface area contributed by atoms with Crippen LogP contribution in [0.1, 0.15) is 0 Å². The van der Waals surface area contributed by atoms with Crippen molar-refractivity contribution in [3.63, 3.8) is 0 Å². The first-order chi connectivity index (χ1) is 5.29. The highest BCUT2D eigenvalue weighted by atomic mass is 32.1. The van der Waals surface area contributed by atoms with Gasteiger partial charge in [0.05, 0.1) is 10.2 Å². The van der Waals surface area contributed by atoms with E-state index < -0.39 is 0 Å². The standard InChI is InChI=1S/C8H6NOS/c1-9-6-4-2-3-5-7(6)11-8(9)10/h2-5H,1H2. The van der Waals surface area contributed by atoms with Crippen LogP contribution in [0.15, 0.2) is 29.1 Å². The summed E-state index contributed by atoms with van der Waals surface area (Å²) in [4.78, 5) is 11.0. The predicted molar refractivity (Wildman–Crippen MR) is 46.8 cm³/mol. The van der Waals surface area contributed by atoms with Crippen LogP contribution < -0.4 is 4.87 Å². The molecule has 2 rings (SSSR count). The highest BCUT2D eigenvalue weighted by molar-refractivity contribution is 7.16. The van der Waals surface area contributed by atoms with Crippen molar-refractivity contribution in [2.75, 3.05) is 0 Å². The Morgan fingerprint density at radius 2 is 2.09 bits per heavy atom. The second-order valence-corrected chi connectivity index (χ2v) is 3.26. The number of nitrogens with zero attached hydrogens (tertiary/aromatic N) is 1. The van der Waals surface area contributed by atoms with Gasteiger partial charge in [-0.25, -0.2) is 0 Å². The molecular formula is C8H6NOS. The lowest BCUT2D eigenvalue weighted by atomic mass is 10.3. The third-order valence-corrected chi connectivity index (χ3v) is 2.53. The molecular weight excluding hydrogens is 158 g/mol. The Kier molecular flexibility index (Phi) is 1.32. The summed E-state index contributed by atoms with van der Waals surface area (Å²) in [6.45, 7) is 0. The highest BCUT2D eigenvalue weighted by Gasteiger charge is 2.00. The molecule has 0 bridgehead atoms. The SMILES string of the molecule is [CH2]n1c(=O)sc2ccccc21. The number of para-hydroxylation sites is 1. The van der Waals surface area contributed by atoms with Gasteiger partial charge in [0.1, 0.15) is 0 Å². The maximum Gasteiger partial charge on any atom is 0.308 e. The lowest BCUT2D eigenvalue weighted by Gasteiger charge is -1.89. The van der Waals surface area contributed by atoms with Crippen molar-refractivity contribution in [3.8, 4) is 0 Å². The first-order valence-corrected chi connectivity index (χ1v) is 4.02. The van der Waals surface area contributed by atoms with Gasteiger partial charge < -0.3 is 0 Å². The fourth-order valence-corrected chi connectivity index (χ4v) is 1.84. The van der Waals surface area contributed by atoms with Crippen molar-refractivity contribution in [1.82, 2.24) is 4.57 Å². The monoisotopic (exact) mass is 164 g/mol. The Hall–Kier alpha value is -1.09. The second kappa shape index (κ2) is 2.20. The van der Waals surface area contributed by atoms with Crippen molar-refractivity contribution in [2.45, 2.75) is 0 Å². The van der Waals surface area contributed by atoms with E-state index in [-0.39, 0.29) is 4.87 Å². The zero-order valence-electron chi connectivity index (χ0n) is 5.78. The van der Waals surface area contributed by atoms with E-state index in [1.54, 1.807) is 0 Å². The molecule has 2 aromatic rings. The van der Waals surface area contributed by atoms with Crippen LogP contribution in [-0.2, 0) is 0 Å². The number of thiazole rings is 1. The first kappa shape index (κ1) is 6.61. The number of aromatic nitrogens is 1. The van der Waals surface area contributed by atoms with Crippen LogP contribution >= 0.6 is 11.3 Å². The van der Waals surface area contributed by atoms with Crippen LogP contribution in [0.5, 0.6) is 0 Å². The van der Waals surface area contributed by atoms with Gasteiger partial charge in [-0.05, 0) is 12.1 Å². The summed E-state index contributed by atoms with van der Waals surface area (Å²) in [5.41, 5.74) is 0.905. The van der Waals surface area contributed by atoms with Crippen LogP contribution in [0.2, 0.25) is 0 Å². The molecule has 0 spiro atoms. The van der Waals surface area contributed by atoms with Crippen LogP contribution in [-0.4, -0.2) is 4.57 Å². The summed E-state index contributed by atoms with van der Waals surface area (Å²) in [7, 11) is 3.62. The van der Waals surface area contributed by atoms with E-state index in [2.05, 4.69) is 7.05 Å². The van der Waals surface area contributed by atoms with Gasteiger partial charge in [0.15, 0.2) is 0 Å². The van der Waals surface area contributed by atoms with E-state index in [9.17, 15) is 4.79 Å². The van der Waals surface area contributed by atoms with Crippen molar-refractivity contribution >= 4 is 21.6 Å². The maximum absolute atomic E-state index is 11.1. The third-order valence-electron chi connectivity index (χ3n) is 1.57. The summed E-state index contributed by atoms with van der Waals surface area (Å²) >= 11 is 1.22. The fourth-order valence-electron chi connectivity index (χ4n) is 1.01. The van der Waals surface area contributed by atoms with Crippen molar-refractivity contribution in [2.24, 2.45) is 0 Å². The molecule has 3 heteroatoms. The molecule has 1 aromatic heterocycles. The Labute approximate surface area is 67.7 Å². The third kappa shape index (κ3) is 0.886. The van der Waals surface area contributed by atoms with Crippen LogP contribution in [0, 0.1) is 7.05 Å². The summed E-state index contributed by atoms with van der Waals surface area (Å²) in [6.07, 6.45) is 0. The van der Waals surface area contributed by atoms with Crippen molar-refractivity contribution < 1.29 is 0 Å². The van der Waals surface area contributed by atoms with Crippen molar-refractivity contribution in [1.29, 1.82) is 0 Å². The lowest BCUT2D eigenvalue weighted by molar-refractivity contribution is 1.10. The molecule has 0 amide bonds. The van der Waals surface area contributed by atoms with Crippen LogP contribution in [0.4, 0.5) is 0 Å². The molecule has 0 unspecified atom stereocenters. The molecule has 0 saturated heterocycles. The van der Waals surface area contributed by atoms with E-state index in [1.807, 2.05) is 24.3 Å². The average Bonchev–Trinajstić information content (AvgIpc) is 2.30. The number of fused-ring (bicyclic) bond motifs is 1. The molecule has 1 heterocycles. The number of hydrogen-bond donors (Lipinski definition) is 0. The zero-order chi connectivity index (χ0) is 7.84. The van der Waals surface area contributed by atoms with Crippen molar-refractivity contribution in [3.05, 3.63) is 41.0 Å². The molecule has 0 saturated carbocycles. The van der Waals surface area contributed by atoms with E-state index >= 15 is 0 Å². The van der Waals surface area contributed by atoms with Gasteiger partial charge in [-0.3, -0.25) is 9.36 Å². The largest absolute Gasteiger partial charge is 0.308 e. The van der Waals surface area contributed by atoms with Gasteiger partial charge in [0, 0.05) is 7.05 Å². The van der Waals surface area contributed by atoms with Gasteiger partial charge >= 0.3 is 4.87 Å². The summed E-state index contributed by atoms with van der Waals surface area (Å²) < 4.78 is 2.41. The van der Waals surface area contributed by atoms with E-state index in [4.69, 9.17) is 0 Å². The smallest absolute Gasteiger partial charge is 0.297 e. The van der Waals surface area contributed by atoms with Crippen LogP contribution in [0.25, 0.3) is 10.2 Å². The van der Waals surface area contributed by atoms with Gasteiger partial charge in [-0.15, -0.1) is 0 Å². The van der Waals surface area contributed by atoms with Gasteiger partial charge in [0.25, 0.3) is 0 Å². The second-order valence-electron chi connectivity index (χ2n) is 2.26. The summed E-state index contributed by atoms with van der Waals surface area (Å²) in [5.74, 6) is 0. The Balaban J connectivity index is 3.04. The van der Waals surface area contributed by atoms with Crippen LogP contribution in [0.3, 0.4) is 0 Å². The predicted octanol–water partition coefficient (Wildman–Crippen LogP) is 1.70. The quantitative estimate of drug-likeness (QED) is 0.581. The number of rotatable bonds is 0. The fraction of sp³-hybridized carbons (Fsp3) is 0. The summed E-state index contributed by atoms with van der Waals surface area (Å²) in [5, 5.41) is 0. The molecule has 0 fully saturated rings. The Bertz CT molecular complexity index is 441. The summed E-state index contributed by atoms with van der Waals surface area (Å²) in [6, 6.07) is 7.62. The first-order valence-electron chi connectivity index (χ1n) is 3.20. The molecule has 1 radical (unpaired) electrons. The van der Waals surface area contributed by atoms with E-state index in [1.165, 1.54) is 15.9 Å². The van der Waals surface area contributed by atoms with Gasteiger partial charge in [-0.1, -0.05) is 23.5 Å². The molecule has 1 aromatic carbocycles. The zero-order valence-corrected chi connectivity index (χ0v) is 6.60. The molecule has 55 valence electrons. The highest BCUT2D eigenvalue weighted by Crippen LogP contribution is 2.14. The Morgan fingerprint density at radius 3 is 2.82 bits per heavy atom. The molecule has 0 aliphatic heterocycles. The minimum Gasteiger partial charge on any atom is -0.297 e. The normalized spacial score (nSPS) is 10.6. The molecule has 0 aliphatic rings. The number of hydrogen-bond acceptors (Lipinski definition) is 2. The maximum atomic E-state index is 11.1. The molecule has 0 aliphatic carbocycles. The average molecular weight is 164 g/mol. The van der Waals surface area contributed by atoms with Gasteiger partial charge in [0.2, 0.25) is 0 Å². The number of benzene rings is 1. The molecule has 0 atom stereocenters. The van der Waals surface area contributed by atoms with E-state index in [0.29, 0.717) is 0 Å². The molecule has 0 N–H and O–H groups in total.